The first-order chi connectivity index (χ1) is 7.69. The molecule has 0 radical (unpaired) electrons. The van der Waals surface area contributed by atoms with Gasteiger partial charge in [-0.05, 0) is 30.9 Å². The van der Waals surface area contributed by atoms with Crippen LogP contribution in [0.3, 0.4) is 0 Å². The minimum absolute atomic E-state index is 0.715. The number of benzene rings is 2. The van der Waals surface area contributed by atoms with Crippen LogP contribution in [0, 0.1) is 0 Å². The van der Waals surface area contributed by atoms with E-state index in [0.717, 1.165) is 10.6 Å². The van der Waals surface area contributed by atoms with E-state index in [-0.39, 0.29) is 0 Å². The van der Waals surface area contributed by atoms with Gasteiger partial charge in [-0.15, -0.1) is 0 Å². The van der Waals surface area contributed by atoms with E-state index in [1.54, 1.807) is 6.66 Å². The number of rotatable bonds is 0. The minimum atomic E-state index is -2.49. The molecule has 0 saturated heterocycles. The Balaban J connectivity index is 2.33. The molecule has 0 unspecified atom stereocenters. The third kappa shape index (κ3) is 1.23. The van der Waals surface area contributed by atoms with E-state index in [2.05, 4.69) is 0 Å². The summed E-state index contributed by atoms with van der Waals surface area (Å²) in [5, 5.41) is 1.63. The zero-order chi connectivity index (χ0) is 11.2. The third-order valence-electron chi connectivity index (χ3n) is 2.87. The molecule has 2 aromatic carbocycles. The largest absolute Gasteiger partial charge is 0.456 e. The highest BCUT2D eigenvalue weighted by Crippen LogP contribution is 2.48. The normalized spacial score (nSPS) is 15.8. The molecule has 0 saturated carbocycles. The number of ether oxygens (including phenoxy) is 1. The van der Waals surface area contributed by atoms with Gasteiger partial charge in [0.2, 0.25) is 0 Å². The van der Waals surface area contributed by atoms with Crippen LogP contribution in [0.5, 0.6) is 11.5 Å². The standard InChI is InChI=1S/C13H11O2P/c1-16(14)12-8-4-2-6-10(12)15-11-7-3-5-9-13(11)16/h2-9H,1H3. The van der Waals surface area contributed by atoms with Crippen LogP contribution in [-0.2, 0) is 4.57 Å². The van der Waals surface area contributed by atoms with Gasteiger partial charge >= 0.3 is 0 Å². The Bertz CT molecular complexity index is 555. The van der Waals surface area contributed by atoms with Gasteiger partial charge < -0.3 is 9.30 Å². The lowest BCUT2D eigenvalue weighted by Crippen LogP contribution is -2.23. The van der Waals surface area contributed by atoms with Gasteiger partial charge in [0.05, 0.1) is 10.6 Å². The monoisotopic (exact) mass is 230 g/mol. The second-order valence-electron chi connectivity index (χ2n) is 3.96. The maximum absolute atomic E-state index is 12.8. The minimum Gasteiger partial charge on any atom is -0.456 e. The Morgan fingerprint density at radius 1 is 0.875 bits per heavy atom. The molecular weight excluding hydrogens is 219 g/mol. The highest BCUT2D eigenvalue weighted by Gasteiger charge is 2.32. The van der Waals surface area contributed by atoms with Crippen molar-refractivity contribution in [3.05, 3.63) is 48.5 Å². The zero-order valence-electron chi connectivity index (χ0n) is 8.88. The molecule has 3 heteroatoms. The van der Waals surface area contributed by atoms with Crippen molar-refractivity contribution in [1.29, 1.82) is 0 Å². The Kier molecular flexibility index (Phi) is 1.95. The summed E-state index contributed by atoms with van der Waals surface area (Å²) in [5.41, 5.74) is 0. The quantitative estimate of drug-likeness (QED) is 0.650. The third-order valence-corrected chi connectivity index (χ3v) is 5.45. The lowest BCUT2D eigenvalue weighted by atomic mass is 10.3. The van der Waals surface area contributed by atoms with Crippen molar-refractivity contribution in [2.45, 2.75) is 0 Å². The summed E-state index contributed by atoms with van der Waals surface area (Å²) in [6.45, 7) is 1.80. The smallest absolute Gasteiger partial charge is 0.147 e. The fraction of sp³-hybridized carbons (Fsp3) is 0.0769. The van der Waals surface area contributed by atoms with E-state index in [4.69, 9.17) is 4.74 Å². The predicted octanol–water partition coefficient (Wildman–Crippen LogP) is 2.74. The molecule has 1 heterocycles. The van der Waals surface area contributed by atoms with Crippen LogP contribution in [0.2, 0.25) is 0 Å². The topological polar surface area (TPSA) is 26.3 Å². The van der Waals surface area contributed by atoms with Crippen molar-refractivity contribution in [1.82, 2.24) is 0 Å². The molecule has 3 rings (SSSR count). The molecule has 0 aliphatic carbocycles. The van der Waals surface area contributed by atoms with Crippen LogP contribution < -0.4 is 15.3 Å². The van der Waals surface area contributed by atoms with Gasteiger partial charge in [0.25, 0.3) is 0 Å². The molecule has 0 bridgehead atoms. The fourth-order valence-corrected chi connectivity index (χ4v) is 4.12. The summed E-state index contributed by atoms with van der Waals surface area (Å²) in [7, 11) is -2.49. The first-order valence-corrected chi connectivity index (χ1v) is 7.29. The van der Waals surface area contributed by atoms with Crippen molar-refractivity contribution >= 4 is 17.8 Å². The molecule has 1 aliphatic rings. The number of fused-ring (bicyclic) bond motifs is 2. The number of para-hydroxylation sites is 2. The first kappa shape index (κ1) is 9.68. The van der Waals surface area contributed by atoms with Crippen molar-refractivity contribution < 1.29 is 9.30 Å². The molecule has 0 aromatic heterocycles. The summed E-state index contributed by atoms with van der Waals surface area (Å²) in [5.74, 6) is 1.43. The van der Waals surface area contributed by atoms with Gasteiger partial charge in [-0.25, -0.2) is 0 Å². The van der Waals surface area contributed by atoms with Crippen LogP contribution in [0.15, 0.2) is 48.5 Å². The molecule has 0 N–H and O–H groups in total. The van der Waals surface area contributed by atoms with Crippen molar-refractivity contribution in [3.8, 4) is 11.5 Å². The molecule has 1 aliphatic heterocycles. The van der Waals surface area contributed by atoms with Gasteiger partial charge in [0.15, 0.2) is 0 Å². The zero-order valence-corrected chi connectivity index (χ0v) is 9.78. The molecule has 0 amide bonds. The van der Waals surface area contributed by atoms with Crippen molar-refractivity contribution in [2.24, 2.45) is 0 Å². The molecule has 80 valence electrons. The lowest BCUT2D eigenvalue weighted by Gasteiger charge is -2.25. The van der Waals surface area contributed by atoms with Crippen LogP contribution in [0.4, 0.5) is 0 Å². The molecule has 2 nitrogen and oxygen atoms in total. The second-order valence-corrected chi connectivity index (χ2v) is 6.77. The summed E-state index contributed by atoms with van der Waals surface area (Å²) >= 11 is 0. The van der Waals surface area contributed by atoms with Crippen LogP contribution in [-0.4, -0.2) is 6.66 Å². The van der Waals surface area contributed by atoms with Crippen LogP contribution >= 0.6 is 7.14 Å². The maximum atomic E-state index is 12.8. The van der Waals surface area contributed by atoms with Gasteiger partial charge in [0, 0.05) is 0 Å². The van der Waals surface area contributed by atoms with E-state index in [1.807, 2.05) is 48.5 Å². The average Bonchev–Trinajstić information content (AvgIpc) is 2.29. The summed E-state index contributed by atoms with van der Waals surface area (Å²) < 4.78 is 18.5. The van der Waals surface area contributed by atoms with Crippen LogP contribution in [0.1, 0.15) is 0 Å². The molecular formula is C13H11O2P. The highest BCUT2D eigenvalue weighted by atomic mass is 31.2. The Labute approximate surface area is 94.3 Å². The van der Waals surface area contributed by atoms with E-state index in [1.165, 1.54) is 0 Å². The predicted molar refractivity (Wildman–Crippen MR) is 65.8 cm³/mol. The molecule has 0 fully saturated rings. The summed E-state index contributed by atoms with van der Waals surface area (Å²) in [6.07, 6.45) is 0. The Morgan fingerprint density at radius 2 is 1.31 bits per heavy atom. The summed E-state index contributed by atoms with van der Waals surface area (Å²) in [6, 6.07) is 15.1. The first-order valence-electron chi connectivity index (χ1n) is 5.14. The molecule has 2 aromatic rings. The van der Waals surface area contributed by atoms with E-state index in [9.17, 15) is 4.57 Å². The van der Waals surface area contributed by atoms with E-state index in [0.29, 0.717) is 11.5 Å². The molecule has 0 atom stereocenters. The SMILES string of the molecule is CP1(=O)c2ccccc2Oc2ccccc21. The van der Waals surface area contributed by atoms with E-state index >= 15 is 0 Å². The second kappa shape index (κ2) is 3.23. The van der Waals surface area contributed by atoms with Crippen LogP contribution in [0.25, 0.3) is 0 Å². The number of hydrogen-bond acceptors (Lipinski definition) is 2. The molecule has 0 spiro atoms. The van der Waals surface area contributed by atoms with Gasteiger partial charge in [-0.3, -0.25) is 0 Å². The van der Waals surface area contributed by atoms with Crippen molar-refractivity contribution in [3.63, 3.8) is 0 Å². The highest BCUT2D eigenvalue weighted by molar-refractivity contribution is 7.78. The fourth-order valence-electron chi connectivity index (χ4n) is 2.04. The van der Waals surface area contributed by atoms with E-state index < -0.39 is 7.14 Å². The Hall–Kier alpha value is -1.53. The van der Waals surface area contributed by atoms with Crippen molar-refractivity contribution in [2.75, 3.05) is 6.66 Å². The van der Waals surface area contributed by atoms with Gasteiger partial charge in [-0.2, -0.15) is 0 Å². The lowest BCUT2D eigenvalue weighted by molar-refractivity contribution is 0.485. The summed E-state index contributed by atoms with van der Waals surface area (Å²) in [4.78, 5) is 0. The number of hydrogen-bond donors (Lipinski definition) is 0. The Morgan fingerprint density at radius 3 is 1.81 bits per heavy atom. The maximum Gasteiger partial charge on any atom is 0.147 e. The average molecular weight is 230 g/mol. The van der Waals surface area contributed by atoms with Gasteiger partial charge in [-0.1, -0.05) is 24.3 Å². The van der Waals surface area contributed by atoms with Gasteiger partial charge in [0.1, 0.15) is 18.6 Å². The molecule has 16 heavy (non-hydrogen) atoms.